The first-order valence-corrected chi connectivity index (χ1v) is 5.51. The summed E-state index contributed by atoms with van der Waals surface area (Å²) in [6.45, 7) is -0.337. The topological polar surface area (TPSA) is 102 Å². The minimum Gasteiger partial charge on any atom is -0.428 e. The maximum absolute atomic E-state index is 11.4. The lowest BCUT2D eigenvalue weighted by atomic mass is 10.1. The standard InChI is InChI=1S/C12H16N2O4/c13-12(17)18-8-14-11(16)10(15)7-6-9-4-2-1-3-5-9/h1-5,10,15H,6-8H2,(H2,13,17)(H,14,16)/t10-/m0/s1. The first-order chi connectivity index (χ1) is 8.59. The fourth-order valence-electron chi connectivity index (χ4n) is 1.38. The third-order valence-electron chi connectivity index (χ3n) is 2.31. The summed E-state index contributed by atoms with van der Waals surface area (Å²) in [5.41, 5.74) is 5.75. The zero-order valence-electron chi connectivity index (χ0n) is 9.83. The largest absolute Gasteiger partial charge is 0.428 e. The Labute approximate surface area is 105 Å². The van der Waals surface area contributed by atoms with E-state index in [2.05, 4.69) is 10.1 Å². The molecule has 6 nitrogen and oxygen atoms in total. The molecule has 4 N–H and O–H groups in total. The molecule has 2 amide bonds. The van der Waals surface area contributed by atoms with Crippen LogP contribution in [0.3, 0.4) is 0 Å². The molecule has 98 valence electrons. The van der Waals surface area contributed by atoms with Crippen LogP contribution in [0.25, 0.3) is 0 Å². The van der Waals surface area contributed by atoms with Gasteiger partial charge < -0.3 is 20.9 Å². The van der Waals surface area contributed by atoms with E-state index in [4.69, 9.17) is 5.73 Å². The van der Waals surface area contributed by atoms with Crippen LogP contribution in [-0.4, -0.2) is 29.9 Å². The Hall–Kier alpha value is -2.08. The number of nitrogens with two attached hydrogens (primary N) is 1. The van der Waals surface area contributed by atoms with Crippen LogP contribution < -0.4 is 11.1 Å². The molecule has 0 aliphatic rings. The molecule has 0 unspecified atom stereocenters. The van der Waals surface area contributed by atoms with Crippen LogP contribution in [0, 0.1) is 0 Å². The minimum absolute atomic E-state index is 0.298. The molecule has 1 rings (SSSR count). The molecule has 1 aromatic rings. The van der Waals surface area contributed by atoms with Crippen LogP contribution in [0.15, 0.2) is 30.3 Å². The fraction of sp³-hybridized carbons (Fsp3) is 0.333. The summed E-state index contributed by atoms with van der Waals surface area (Å²) in [7, 11) is 0. The third kappa shape index (κ3) is 5.31. The van der Waals surface area contributed by atoms with Gasteiger partial charge in [-0.15, -0.1) is 0 Å². The lowest BCUT2D eigenvalue weighted by Crippen LogP contribution is -2.37. The molecule has 0 bridgehead atoms. The van der Waals surface area contributed by atoms with Crippen LogP contribution in [0.5, 0.6) is 0 Å². The molecule has 0 saturated heterocycles. The second-order valence-electron chi connectivity index (χ2n) is 3.69. The van der Waals surface area contributed by atoms with Gasteiger partial charge in [-0.25, -0.2) is 4.79 Å². The van der Waals surface area contributed by atoms with Crippen molar-refractivity contribution in [3.63, 3.8) is 0 Å². The van der Waals surface area contributed by atoms with Gasteiger partial charge in [0.05, 0.1) is 0 Å². The summed E-state index contributed by atoms with van der Waals surface area (Å²) in [6, 6.07) is 9.51. The Morgan fingerprint density at radius 3 is 2.61 bits per heavy atom. The summed E-state index contributed by atoms with van der Waals surface area (Å²) in [4.78, 5) is 21.6. The molecular weight excluding hydrogens is 236 g/mol. The van der Waals surface area contributed by atoms with E-state index < -0.39 is 18.1 Å². The number of hydrogen-bond donors (Lipinski definition) is 3. The number of hydrogen-bond acceptors (Lipinski definition) is 4. The number of primary amides is 1. The van der Waals surface area contributed by atoms with E-state index in [1.54, 1.807) is 0 Å². The van der Waals surface area contributed by atoms with E-state index in [0.29, 0.717) is 12.8 Å². The average Bonchev–Trinajstić information content (AvgIpc) is 2.36. The van der Waals surface area contributed by atoms with Gasteiger partial charge in [0, 0.05) is 0 Å². The summed E-state index contributed by atoms with van der Waals surface area (Å²) in [6.07, 6.45) is -1.23. The molecule has 0 heterocycles. The SMILES string of the molecule is NC(=O)OCNC(=O)[C@@H](O)CCc1ccccc1. The Morgan fingerprint density at radius 1 is 1.33 bits per heavy atom. The molecule has 0 aliphatic heterocycles. The Kier molecular flexibility index (Phi) is 5.66. The van der Waals surface area contributed by atoms with Crippen LogP contribution >= 0.6 is 0 Å². The highest BCUT2D eigenvalue weighted by Gasteiger charge is 2.14. The van der Waals surface area contributed by atoms with Crippen molar-refractivity contribution in [3.8, 4) is 0 Å². The van der Waals surface area contributed by atoms with Gasteiger partial charge in [0.2, 0.25) is 0 Å². The van der Waals surface area contributed by atoms with Gasteiger partial charge in [-0.3, -0.25) is 4.79 Å². The van der Waals surface area contributed by atoms with E-state index in [-0.39, 0.29) is 6.73 Å². The van der Waals surface area contributed by atoms with Crippen molar-refractivity contribution >= 4 is 12.0 Å². The highest BCUT2D eigenvalue weighted by atomic mass is 16.6. The van der Waals surface area contributed by atoms with Crippen molar-refractivity contribution in [1.29, 1.82) is 0 Å². The number of carbonyl (C=O) groups excluding carboxylic acids is 2. The normalized spacial score (nSPS) is 11.6. The predicted octanol–water partition coefficient (Wildman–Crippen LogP) is 0.149. The van der Waals surface area contributed by atoms with E-state index >= 15 is 0 Å². The molecule has 0 spiro atoms. The Morgan fingerprint density at radius 2 is 2.00 bits per heavy atom. The fourth-order valence-corrected chi connectivity index (χ4v) is 1.38. The summed E-state index contributed by atoms with van der Waals surface area (Å²) < 4.78 is 4.32. The summed E-state index contributed by atoms with van der Waals surface area (Å²) >= 11 is 0. The van der Waals surface area contributed by atoms with E-state index in [0.717, 1.165) is 5.56 Å². The summed E-state index contributed by atoms with van der Waals surface area (Å²) in [5, 5.41) is 11.8. The van der Waals surface area contributed by atoms with Crippen molar-refractivity contribution in [3.05, 3.63) is 35.9 Å². The highest BCUT2D eigenvalue weighted by Crippen LogP contribution is 2.04. The van der Waals surface area contributed by atoms with Gasteiger partial charge in [0.1, 0.15) is 6.10 Å². The lowest BCUT2D eigenvalue weighted by molar-refractivity contribution is -0.130. The van der Waals surface area contributed by atoms with E-state index in [9.17, 15) is 14.7 Å². The van der Waals surface area contributed by atoms with E-state index in [1.165, 1.54) is 0 Å². The number of rotatable bonds is 6. The molecule has 18 heavy (non-hydrogen) atoms. The zero-order valence-corrected chi connectivity index (χ0v) is 9.83. The van der Waals surface area contributed by atoms with Gasteiger partial charge in [-0.1, -0.05) is 30.3 Å². The van der Waals surface area contributed by atoms with Crippen molar-refractivity contribution in [2.24, 2.45) is 5.73 Å². The maximum Gasteiger partial charge on any atom is 0.406 e. The van der Waals surface area contributed by atoms with Gasteiger partial charge in [-0.05, 0) is 18.4 Å². The number of nitrogens with one attached hydrogen (secondary N) is 1. The quantitative estimate of drug-likeness (QED) is 0.627. The molecule has 0 aromatic heterocycles. The van der Waals surface area contributed by atoms with Crippen molar-refractivity contribution < 1.29 is 19.4 Å². The molecular formula is C12H16N2O4. The van der Waals surface area contributed by atoms with Crippen LogP contribution in [-0.2, 0) is 16.0 Å². The molecule has 0 fully saturated rings. The second kappa shape index (κ2) is 7.29. The van der Waals surface area contributed by atoms with Crippen LogP contribution in [0.1, 0.15) is 12.0 Å². The van der Waals surface area contributed by atoms with E-state index in [1.807, 2.05) is 30.3 Å². The molecule has 0 aliphatic carbocycles. The summed E-state index contributed by atoms with van der Waals surface area (Å²) in [5.74, 6) is -0.591. The number of amides is 2. The molecule has 1 aromatic carbocycles. The second-order valence-corrected chi connectivity index (χ2v) is 3.69. The number of aryl methyl sites for hydroxylation is 1. The predicted molar refractivity (Wildman–Crippen MR) is 64.4 cm³/mol. The maximum atomic E-state index is 11.4. The van der Waals surface area contributed by atoms with Crippen LogP contribution in [0.2, 0.25) is 0 Å². The minimum atomic E-state index is -1.14. The number of ether oxygens (including phenoxy) is 1. The lowest BCUT2D eigenvalue weighted by Gasteiger charge is -2.11. The average molecular weight is 252 g/mol. The third-order valence-corrected chi connectivity index (χ3v) is 2.31. The molecule has 1 atom stereocenters. The van der Waals surface area contributed by atoms with Crippen molar-refractivity contribution in [2.45, 2.75) is 18.9 Å². The number of aliphatic hydroxyl groups excluding tert-OH is 1. The number of aliphatic hydroxyl groups is 1. The van der Waals surface area contributed by atoms with Gasteiger partial charge in [-0.2, -0.15) is 0 Å². The Balaban J connectivity index is 2.25. The van der Waals surface area contributed by atoms with Crippen molar-refractivity contribution in [2.75, 3.05) is 6.73 Å². The molecule has 0 radical (unpaired) electrons. The van der Waals surface area contributed by atoms with Gasteiger partial charge in [0.25, 0.3) is 5.91 Å². The molecule has 6 heteroatoms. The highest BCUT2D eigenvalue weighted by molar-refractivity contribution is 5.80. The smallest absolute Gasteiger partial charge is 0.406 e. The first-order valence-electron chi connectivity index (χ1n) is 5.51. The van der Waals surface area contributed by atoms with Gasteiger partial charge >= 0.3 is 6.09 Å². The van der Waals surface area contributed by atoms with Gasteiger partial charge in [0.15, 0.2) is 6.73 Å². The zero-order chi connectivity index (χ0) is 13.4. The Bertz CT molecular complexity index is 394. The first kappa shape index (κ1) is 14.0. The monoisotopic (exact) mass is 252 g/mol. The molecule has 0 saturated carbocycles. The van der Waals surface area contributed by atoms with Crippen LogP contribution in [0.4, 0.5) is 4.79 Å². The number of benzene rings is 1. The van der Waals surface area contributed by atoms with Crippen molar-refractivity contribution in [1.82, 2.24) is 5.32 Å². The number of carbonyl (C=O) groups is 2.